The van der Waals surface area contributed by atoms with E-state index in [1.165, 1.54) is 6.92 Å². The van der Waals surface area contributed by atoms with E-state index in [1.807, 2.05) is 19.0 Å². The highest BCUT2D eigenvalue weighted by molar-refractivity contribution is 5.99. The van der Waals surface area contributed by atoms with Crippen LogP contribution in [0.2, 0.25) is 0 Å². The molecule has 0 amide bonds. The van der Waals surface area contributed by atoms with E-state index in [9.17, 15) is 4.79 Å². The van der Waals surface area contributed by atoms with Gasteiger partial charge in [-0.3, -0.25) is 4.79 Å². The summed E-state index contributed by atoms with van der Waals surface area (Å²) >= 11 is 0. The first-order valence-corrected chi connectivity index (χ1v) is 4.23. The zero-order valence-electron chi connectivity index (χ0n) is 8.48. The molecule has 1 radical (unpaired) electrons. The van der Waals surface area contributed by atoms with Crippen LogP contribution < -0.4 is 10.4 Å². The summed E-state index contributed by atoms with van der Waals surface area (Å²) in [7, 11) is 3.77. The first-order valence-electron chi connectivity index (χ1n) is 4.23. The molecule has 0 N–H and O–H groups in total. The van der Waals surface area contributed by atoms with Crippen molar-refractivity contribution in [2.75, 3.05) is 19.0 Å². The number of hydrogen-bond acceptors (Lipinski definition) is 3. The van der Waals surface area contributed by atoms with Gasteiger partial charge in [0.15, 0.2) is 5.78 Å². The number of anilines is 1. The molecule has 1 aromatic carbocycles. The van der Waals surface area contributed by atoms with Crippen LogP contribution >= 0.6 is 0 Å². The number of Topliss-reactive ketones (excluding diaryl/α,β-unsaturated/α-hetero) is 1. The zero-order valence-corrected chi connectivity index (χ0v) is 8.48. The predicted molar refractivity (Wildman–Crippen MR) is 55.0 cm³/mol. The first-order chi connectivity index (χ1) is 6.56. The maximum absolute atomic E-state index is 11.2. The highest BCUT2D eigenvalue weighted by atomic mass is 16.1. The Morgan fingerprint density at radius 3 is 2.50 bits per heavy atom. The summed E-state index contributed by atoms with van der Waals surface area (Å²) in [6.45, 7) is 1.45. The number of ketones is 1. The number of carbonyl (C=O) groups excluding carboxylic acids is 1. The lowest BCUT2D eigenvalue weighted by atomic mass is 10.1. The number of carbonyl (C=O) groups is 1. The lowest BCUT2D eigenvalue weighted by molar-refractivity contribution is 0.101. The third-order valence-electron chi connectivity index (χ3n) is 1.98. The van der Waals surface area contributed by atoms with E-state index in [4.69, 9.17) is 5.53 Å². The summed E-state index contributed by atoms with van der Waals surface area (Å²) < 4.78 is 0. The molecule has 0 aliphatic carbocycles. The van der Waals surface area contributed by atoms with Crippen LogP contribution in [0.25, 0.3) is 0 Å². The second-order valence-electron chi connectivity index (χ2n) is 3.25. The van der Waals surface area contributed by atoms with Gasteiger partial charge < -0.3 is 4.90 Å². The molecule has 0 fully saturated rings. The fourth-order valence-corrected chi connectivity index (χ4v) is 1.17. The Morgan fingerprint density at radius 2 is 2.07 bits per heavy atom. The van der Waals surface area contributed by atoms with Crippen molar-refractivity contribution >= 4 is 17.2 Å². The van der Waals surface area contributed by atoms with Crippen molar-refractivity contribution in [2.24, 2.45) is 5.11 Å². The van der Waals surface area contributed by atoms with Gasteiger partial charge in [-0.25, -0.2) is 0 Å². The minimum absolute atomic E-state index is 0.110. The molecule has 4 heteroatoms. The summed E-state index contributed by atoms with van der Waals surface area (Å²) in [5.74, 6) is -0.110. The van der Waals surface area contributed by atoms with Crippen LogP contribution in [0.4, 0.5) is 11.4 Å². The van der Waals surface area contributed by atoms with Crippen LogP contribution in [-0.4, -0.2) is 19.9 Å². The SMILES string of the molecule is CC(=O)c1cc(N(C)C)ccc1N=[N]. The van der Waals surface area contributed by atoms with Gasteiger partial charge in [0, 0.05) is 25.3 Å². The molecule has 0 aliphatic heterocycles. The number of nitrogens with zero attached hydrogens (tertiary/aromatic N) is 3. The minimum Gasteiger partial charge on any atom is -0.378 e. The second-order valence-corrected chi connectivity index (χ2v) is 3.25. The fourth-order valence-electron chi connectivity index (χ4n) is 1.17. The molecular formula is C10H12N3O. The lowest BCUT2D eigenvalue weighted by Gasteiger charge is -2.13. The monoisotopic (exact) mass is 190 g/mol. The van der Waals surface area contributed by atoms with Crippen molar-refractivity contribution in [3.63, 3.8) is 0 Å². The molecule has 0 heterocycles. The standard InChI is InChI=1S/C10H12N3O/c1-7(14)9-6-8(13(2)3)4-5-10(9)12-11/h4-6H,1-3H3. The van der Waals surface area contributed by atoms with Gasteiger partial charge in [-0.05, 0) is 30.7 Å². The van der Waals surface area contributed by atoms with Crippen LogP contribution in [0.5, 0.6) is 0 Å². The van der Waals surface area contributed by atoms with E-state index in [-0.39, 0.29) is 5.78 Å². The number of hydrogen-bond donors (Lipinski definition) is 0. The maximum atomic E-state index is 11.2. The van der Waals surface area contributed by atoms with E-state index in [0.29, 0.717) is 11.3 Å². The topological polar surface area (TPSA) is 55.0 Å². The molecule has 4 nitrogen and oxygen atoms in total. The number of benzene rings is 1. The van der Waals surface area contributed by atoms with Gasteiger partial charge in [-0.1, -0.05) is 0 Å². The maximum Gasteiger partial charge on any atom is 0.162 e. The van der Waals surface area contributed by atoms with Gasteiger partial charge in [-0.2, -0.15) is 0 Å². The van der Waals surface area contributed by atoms with Crippen LogP contribution in [-0.2, 0) is 0 Å². The van der Waals surface area contributed by atoms with Gasteiger partial charge in [0.1, 0.15) is 0 Å². The van der Waals surface area contributed by atoms with Crippen molar-refractivity contribution in [3.05, 3.63) is 23.8 Å². The number of rotatable bonds is 3. The third-order valence-corrected chi connectivity index (χ3v) is 1.98. The summed E-state index contributed by atoms with van der Waals surface area (Å²) in [5.41, 5.74) is 10.3. The van der Waals surface area contributed by atoms with E-state index in [1.54, 1.807) is 18.2 Å². The quantitative estimate of drug-likeness (QED) is 0.539. The van der Waals surface area contributed by atoms with Crippen LogP contribution in [0.1, 0.15) is 17.3 Å². The lowest BCUT2D eigenvalue weighted by Crippen LogP contribution is -2.09. The molecular weight excluding hydrogens is 178 g/mol. The normalized spacial score (nSPS) is 9.64. The highest BCUT2D eigenvalue weighted by Crippen LogP contribution is 2.24. The first kappa shape index (κ1) is 10.4. The Kier molecular flexibility index (Phi) is 2.96. The van der Waals surface area contributed by atoms with Crippen LogP contribution in [0.3, 0.4) is 0 Å². The molecule has 1 rings (SSSR count). The molecule has 73 valence electrons. The molecule has 1 aromatic rings. The van der Waals surface area contributed by atoms with Crippen molar-refractivity contribution < 1.29 is 4.79 Å². The Bertz CT molecular complexity index is 372. The van der Waals surface area contributed by atoms with Crippen LogP contribution in [0, 0.1) is 0 Å². The van der Waals surface area contributed by atoms with E-state index < -0.39 is 0 Å². The Hall–Kier alpha value is -1.71. The highest BCUT2D eigenvalue weighted by Gasteiger charge is 2.08. The molecule has 0 bridgehead atoms. The smallest absolute Gasteiger partial charge is 0.162 e. The van der Waals surface area contributed by atoms with E-state index in [2.05, 4.69) is 5.11 Å². The largest absolute Gasteiger partial charge is 0.378 e. The Labute approximate surface area is 83.0 Å². The van der Waals surface area contributed by atoms with Crippen LogP contribution in [0.15, 0.2) is 23.3 Å². The molecule has 0 aliphatic rings. The van der Waals surface area contributed by atoms with E-state index >= 15 is 0 Å². The van der Waals surface area contributed by atoms with Gasteiger partial charge >= 0.3 is 0 Å². The van der Waals surface area contributed by atoms with Crippen molar-refractivity contribution in [1.29, 1.82) is 0 Å². The second kappa shape index (κ2) is 4.00. The summed E-state index contributed by atoms with van der Waals surface area (Å²) in [6.07, 6.45) is 0. The average Bonchev–Trinajstić information content (AvgIpc) is 2.16. The van der Waals surface area contributed by atoms with Crippen molar-refractivity contribution in [2.45, 2.75) is 6.92 Å². The summed E-state index contributed by atoms with van der Waals surface area (Å²) in [4.78, 5) is 13.1. The van der Waals surface area contributed by atoms with Gasteiger partial charge in [0.25, 0.3) is 0 Å². The third kappa shape index (κ3) is 1.96. The Morgan fingerprint density at radius 1 is 1.43 bits per heavy atom. The molecule has 0 saturated heterocycles. The Balaban J connectivity index is 3.27. The summed E-state index contributed by atoms with van der Waals surface area (Å²) in [5, 5.41) is 3.05. The fraction of sp³-hybridized carbons (Fsp3) is 0.300. The zero-order chi connectivity index (χ0) is 10.7. The van der Waals surface area contributed by atoms with Gasteiger partial charge in [0.2, 0.25) is 0 Å². The average molecular weight is 190 g/mol. The van der Waals surface area contributed by atoms with Gasteiger partial charge in [0.05, 0.1) is 5.69 Å². The predicted octanol–water partition coefficient (Wildman–Crippen LogP) is 1.84. The van der Waals surface area contributed by atoms with Crippen molar-refractivity contribution in [3.8, 4) is 0 Å². The molecule has 0 saturated carbocycles. The summed E-state index contributed by atoms with van der Waals surface area (Å²) in [6, 6.07) is 5.12. The molecule has 14 heavy (non-hydrogen) atoms. The van der Waals surface area contributed by atoms with Crippen molar-refractivity contribution in [1.82, 2.24) is 5.53 Å². The molecule has 0 atom stereocenters. The molecule has 0 spiro atoms. The molecule has 0 aromatic heterocycles. The molecule has 0 unspecified atom stereocenters. The van der Waals surface area contributed by atoms with Gasteiger partial charge in [-0.15, -0.1) is 5.11 Å². The van der Waals surface area contributed by atoms with E-state index in [0.717, 1.165) is 5.69 Å². The minimum atomic E-state index is -0.110.